The summed E-state index contributed by atoms with van der Waals surface area (Å²) in [6.07, 6.45) is 7.51. The van der Waals surface area contributed by atoms with Crippen molar-refractivity contribution >= 4 is 5.96 Å². The summed E-state index contributed by atoms with van der Waals surface area (Å²) >= 11 is 0. The molecule has 22 heavy (non-hydrogen) atoms. The maximum Gasteiger partial charge on any atom is 0.191 e. The Hall–Kier alpha value is -2.30. The fourth-order valence-electron chi connectivity index (χ4n) is 2.80. The number of hydrogen-bond acceptors (Lipinski definition) is 2. The van der Waals surface area contributed by atoms with Gasteiger partial charge in [-0.05, 0) is 36.5 Å². The molecule has 1 saturated heterocycles. The quantitative estimate of drug-likeness (QED) is 0.695. The molecular weight excluding hydrogens is 274 g/mol. The molecule has 0 bridgehead atoms. The number of benzene rings is 1. The Bertz CT molecular complexity index is 612. The average molecular weight is 297 g/mol. The number of piperidine rings is 1. The fourth-order valence-corrected chi connectivity index (χ4v) is 2.80. The number of likely N-dealkylation sites (tertiary alicyclic amines) is 1. The topological polar surface area (TPSA) is 59.4 Å². The van der Waals surface area contributed by atoms with Crippen molar-refractivity contribution in [1.29, 1.82) is 0 Å². The molecule has 2 aromatic rings. The van der Waals surface area contributed by atoms with E-state index in [1.165, 1.54) is 30.4 Å². The Morgan fingerprint density at radius 2 is 1.95 bits per heavy atom. The van der Waals surface area contributed by atoms with E-state index in [2.05, 4.69) is 39.3 Å². The zero-order valence-corrected chi connectivity index (χ0v) is 12.9. The number of aromatic nitrogens is 2. The molecule has 0 saturated carbocycles. The van der Waals surface area contributed by atoms with E-state index in [1.807, 2.05) is 16.9 Å². The Kier molecular flexibility index (Phi) is 4.73. The van der Waals surface area contributed by atoms with Gasteiger partial charge in [-0.2, -0.15) is 5.10 Å². The third-order valence-corrected chi connectivity index (χ3v) is 4.00. The predicted molar refractivity (Wildman–Crippen MR) is 88.5 cm³/mol. The van der Waals surface area contributed by atoms with E-state index >= 15 is 0 Å². The smallest absolute Gasteiger partial charge is 0.191 e. The predicted octanol–water partition coefficient (Wildman–Crippen LogP) is 2.23. The highest BCUT2D eigenvalue weighted by Crippen LogP contribution is 2.10. The van der Waals surface area contributed by atoms with Crippen LogP contribution in [0.1, 0.15) is 30.4 Å². The van der Waals surface area contributed by atoms with Gasteiger partial charge in [0.15, 0.2) is 5.96 Å². The minimum Gasteiger partial charge on any atom is -0.370 e. The van der Waals surface area contributed by atoms with Crippen molar-refractivity contribution in [1.82, 2.24) is 14.7 Å². The van der Waals surface area contributed by atoms with Gasteiger partial charge in [0.25, 0.3) is 0 Å². The highest BCUT2D eigenvalue weighted by molar-refractivity contribution is 5.78. The highest BCUT2D eigenvalue weighted by Gasteiger charge is 2.11. The van der Waals surface area contributed by atoms with Crippen molar-refractivity contribution in [3.8, 4) is 0 Å². The summed E-state index contributed by atoms with van der Waals surface area (Å²) in [5, 5.41) is 4.24. The minimum atomic E-state index is 0.634. The van der Waals surface area contributed by atoms with Crippen LogP contribution in [0, 0.1) is 0 Å². The molecule has 0 radical (unpaired) electrons. The summed E-state index contributed by atoms with van der Waals surface area (Å²) in [5.41, 5.74) is 8.52. The van der Waals surface area contributed by atoms with E-state index in [4.69, 9.17) is 5.73 Å². The van der Waals surface area contributed by atoms with Crippen molar-refractivity contribution in [3.63, 3.8) is 0 Å². The molecule has 0 amide bonds. The standard InChI is InChI=1S/C17H23N5/c18-17(21-9-2-1-3-10-21)19-13-15-6-4-7-16(12-15)14-22-11-5-8-20-22/h4-8,11-12H,1-3,9-10,13-14H2,(H2,18,19). The molecular formula is C17H23N5. The van der Waals surface area contributed by atoms with Crippen molar-refractivity contribution in [2.24, 2.45) is 10.7 Å². The second kappa shape index (κ2) is 7.11. The number of hydrogen-bond donors (Lipinski definition) is 1. The van der Waals surface area contributed by atoms with Crippen LogP contribution in [0.5, 0.6) is 0 Å². The van der Waals surface area contributed by atoms with E-state index in [-0.39, 0.29) is 0 Å². The summed E-state index contributed by atoms with van der Waals surface area (Å²) in [6.45, 7) is 3.49. The third-order valence-electron chi connectivity index (χ3n) is 4.00. The molecule has 2 N–H and O–H groups in total. The van der Waals surface area contributed by atoms with Gasteiger partial charge in [-0.1, -0.05) is 24.3 Å². The molecule has 1 fully saturated rings. The van der Waals surface area contributed by atoms with Gasteiger partial charge in [-0.3, -0.25) is 4.68 Å². The van der Waals surface area contributed by atoms with E-state index < -0.39 is 0 Å². The summed E-state index contributed by atoms with van der Waals surface area (Å²) in [5.74, 6) is 0.678. The molecule has 0 aliphatic carbocycles. The second-order valence-electron chi connectivity index (χ2n) is 5.75. The molecule has 5 nitrogen and oxygen atoms in total. The summed E-state index contributed by atoms with van der Waals surface area (Å²) < 4.78 is 1.92. The van der Waals surface area contributed by atoms with Gasteiger partial charge >= 0.3 is 0 Å². The van der Waals surface area contributed by atoms with Crippen LogP contribution < -0.4 is 5.73 Å². The lowest BCUT2D eigenvalue weighted by molar-refractivity contribution is 0.338. The molecule has 1 aromatic heterocycles. The zero-order valence-electron chi connectivity index (χ0n) is 12.9. The van der Waals surface area contributed by atoms with Gasteiger partial charge in [-0.25, -0.2) is 4.99 Å². The molecule has 1 aliphatic heterocycles. The first kappa shape index (κ1) is 14.6. The van der Waals surface area contributed by atoms with Crippen molar-refractivity contribution in [2.45, 2.75) is 32.4 Å². The zero-order chi connectivity index (χ0) is 15.2. The third kappa shape index (κ3) is 3.87. The molecule has 2 heterocycles. The second-order valence-corrected chi connectivity index (χ2v) is 5.75. The minimum absolute atomic E-state index is 0.634. The molecule has 0 unspecified atom stereocenters. The number of guanidine groups is 1. The van der Waals surface area contributed by atoms with Gasteiger partial charge in [0.2, 0.25) is 0 Å². The summed E-state index contributed by atoms with van der Waals surface area (Å²) in [6, 6.07) is 10.4. The number of aliphatic imine (C=N–C) groups is 1. The van der Waals surface area contributed by atoms with Gasteiger partial charge < -0.3 is 10.6 Å². The van der Waals surface area contributed by atoms with Gasteiger partial charge in [0, 0.05) is 25.5 Å². The van der Waals surface area contributed by atoms with Crippen molar-refractivity contribution < 1.29 is 0 Å². The van der Waals surface area contributed by atoms with Crippen LogP contribution in [0.2, 0.25) is 0 Å². The summed E-state index contributed by atoms with van der Waals surface area (Å²) in [4.78, 5) is 6.75. The number of nitrogens with zero attached hydrogens (tertiary/aromatic N) is 4. The first-order valence-electron chi connectivity index (χ1n) is 7.91. The first-order chi connectivity index (χ1) is 10.8. The van der Waals surface area contributed by atoms with E-state index in [1.54, 1.807) is 6.20 Å². The normalized spacial score (nSPS) is 16.0. The molecule has 5 heteroatoms. The molecule has 3 rings (SSSR count). The van der Waals surface area contributed by atoms with Crippen molar-refractivity contribution in [3.05, 3.63) is 53.9 Å². The Balaban J connectivity index is 1.62. The van der Waals surface area contributed by atoms with Gasteiger partial charge in [0.05, 0.1) is 13.1 Å². The van der Waals surface area contributed by atoms with E-state index in [9.17, 15) is 0 Å². The lowest BCUT2D eigenvalue weighted by atomic mass is 10.1. The fraction of sp³-hybridized carbons (Fsp3) is 0.412. The maximum absolute atomic E-state index is 6.11. The highest BCUT2D eigenvalue weighted by atomic mass is 15.3. The molecule has 1 aliphatic rings. The van der Waals surface area contributed by atoms with Crippen LogP contribution >= 0.6 is 0 Å². The number of nitrogens with two attached hydrogens (primary N) is 1. The monoisotopic (exact) mass is 297 g/mol. The Morgan fingerprint density at radius 1 is 1.14 bits per heavy atom. The van der Waals surface area contributed by atoms with E-state index in [0.717, 1.165) is 19.6 Å². The average Bonchev–Trinajstić information content (AvgIpc) is 3.07. The van der Waals surface area contributed by atoms with Crippen molar-refractivity contribution in [2.75, 3.05) is 13.1 Å². The Morgan fingerprint density at radius 3 is 2.73 bits per heavy atom. The van der Waals surface area contributed by atoms with Gasteiger partial charge in [0.1, 0.15) is 0 Å². The van der Waals surface area contributed by atoms with Crippen LogP contribution in [-0.4, -0.2) is 33.7 Å². The first-order valence-corrected chi connectivity index (χ1v) is 7.91. The lowest BCUT2D eigenvalue weighted by Crippen LogP contribution is -2.40. The van der Waals surface area contributed by atoms with Crippen LogP contribution in [-0.2, 0) is 13.1 Å². The van der Waals surface area contributed by atoms with E-state index in [0.29, 0.717) is 12.5 Å². The molecule has 0 atom stereocenters. The number of rotatable bonds is 4. The summed E-state index contributed by atoms with van der Waals surface area (Å²) in [7, 11) is 0. The SMILES string of the molecule is NC(=NCc1cccc(Cn2cccn2)c1)N1CCCCC1. The van der Waals surface area contributed by atoms with Crippen LogP contribution in [0.4, 0.5) is 0 Å². The Labute approximate surface area is 131 Å². The molecule has 1 aromatic carbocycles. The molecule has 116 valence electrons. The largest absolute Gasteiger partial charge is 0.370 e. The lowest BCUT2D eigenvalue weighted by Gasteiger charge is -2.27. The molecule has 0 spiro atoms. The maximum atomic E-state index is 6.11. The van der Waals surface area contributed by atoms with Crippen LogP contribution in [0.15, 0.2) is 47.7 Å². The van der Waals surface area contributed by atoms with Crippen LogP contribution in [0.25, 0.3) is 0 Å². The van der Waals surface area contributed by atoms with Gasteiger partial charge in [-0.15, -0.1) is 0 Å². The van der Waals surface area contributed by atoms with Crippen LogP contribution in [0.3, 0.4) is 0 Å².